The first-order valence-electron chi connectivity index (χ1n) is 6.64. The number of hydrogen-bond acceptors (Lipinski definition) is 3. The van der Waals surface area contributed by atoms with Crippen LogP contribution in [0.2, 0.25) is 0 Å². The maximum absolute atomic E-state index is 12.2. The molecule has 4 heteroatoms. The summed E-state index contributed by atoms with van der Waals surface area (Å²) < 4.78 is 0. The van der Waals surface area contributed by atoms with Crippen LogP contribution in [0.25, 0.3) is 0 Å². The molecule has 4 nitrogen and oxygen atoms in total. The third-order valence-electron chi connectivity index (χ3n) is 2.81. The second-order valence-corrected chi connectivity index (χ2v) is 4.39. The van der Waals surface area contributed by atoms with Gasteiger partial charge in [-0.1, -0.05) is 19.8 Å². The minimum Gasteiger partial charge on any atom is -0.370 e. The molecule has 0 bridgehead atoms. The Labute approximate surface area is 109 Å². The van der Waals surface area contributed by atoms with Crippen molar-refractivity contribution in [1.82, 2.24) is 9.88 Å². The maximum Gasteiger partial charge on any atom is 0.253 e. The normalized spacial score (nSPS) is 10.2. The van der Waals surface area contributed by atoms with Gasteiger partial charge in [0.1, 0.15) is 5.82 Å². The van der Waals surface area contributed by atoms with Crippen molar-refractivity contribution in [3.05, 3.63) is 23.9 Å². The predicted molar refractivity (Wildman–Crippen MR) is 74.9 cm³/mol. The van der Waals surface area contributed by atoms with E-state index < -0.39 is 0 Å². The van der Waals surface area contributed by atoms with E-state index >= 15 is 0 Å². The third-order valence-corrected chi connectivity index (χ3v) is 2.81. The summed E-state index contributed by atoms with van der Waals surface area (Å²) in [5, 5.41) is 3.11. The molecule has 0 aliphatic rings. The van der Waals surface area contributed by atoms with E-state index in [-0.39, 0.29) is 5.91 Å². The highest BCUT2D eigenvalue weighted by Gasteiger charge is 2.11. The highest BCUT2D eigenvalue weighted by atomic mass is 16.2. The number of rotatable bonds is 7. The minimum absolute atomic E-state index is 0.0626. The minimum atomic E-state index is 0.0626. The Balaban J connectivity index is 2.62. The lowest BCUT2D eigenvalue weighted by Crippen LogP contribution is -2.27. The van der Waals surface area contributed by atoms with E-state index in [2.05, 4.69) is 17.2 Å². The standard InChI is InChI=1S/C14H23N3O/c1-4-6-7-10-17(3)14(18)12-8-9-16-13(11-12)15-5-2/h8-9,11H,4-7,10H2,1-3H3,(H,15,16). The van der Waals surface area contributed by atoms with Gasteiger partial charge in [-0.2, -0.15) is 0 Å². The Morgan fingerprint density at radius 2 is 2.17 bits per heavy atom. The Bertz CT molecular complexity index is 379. The summed E-state index contributed by atoms with van der Waals surface area (Å²) in [7, 11) is 1.85. The molecule has 0 unspecified atom stereocenters. The number of aromatic nitrogens is 1. The largest absolute Gasteiger partial charge is 0.370 e. The number of hydrogen-bond donors (Lipinski definition) is 1. The monoisotopic (exact) mass is 249 g/mol. The van der Waals surface area contributed by atoms with Crippen LogP contribution >= 0.6 is 0 Å². The molecule has 0 saturated carbocycles. The lowest BCUT2D eigenvalue weighted by Gasteiger charge is -2.17. The summed E-state index contributed by atoms with van der Waals surface area (Å²) >= 11 is 0. The van der Waals surface area contributed by atoms with Gasteiger partial charge >= 0.3 is 0 Å². The van der Waals surface area contributed by atoms with Crippen molar-refractivity contribution < 1.29 is 4.79 Å². The Morgan fingerprint density at radius 1 is 1.39 bits per heavy atom. The van der Waals surface area contributed by atoms with E-state index in [4.69, 9.17) is 0 Å². The van der Waals surface area contributed by atoms with Gasteiger partial charge in [0.2, 0.25) is 0 Å². The van der Waals surface area contributed by atoms with Crippen molar-refractivity contribution >= 4 is 11.7 Å². The van der Waals surface area contributed by atoms with Crippen LogP contribution in [-0.2, 0) is 0 Å². The second kappa shape index (κ2) is 7.69. The summed E-state index contributed by atoms with van der Waals surface area (Å²) in [6, 6.07) is 3.57. The molecule has 1 N–H and O–H groups in total. The van der Waals surface area contributed by atoms with Crippen molar-refractivity contribution in [1.29, 1.82) is 0 Å². The number of carbonyl (C=O) groups excluding carboxylic acids is 1. The molecule has 0 aliphatic carbocycles. The molecular formula is C14H23N3O. The molecule has 0 aromatic carbocycles. The quantitative estimate of drug-likeness (QED) is 0.756. The lowest BCUT2D eigenvalue weighted by atomic mass is 10.2. The van der Waals surface area contributed by atoms with Crippen LogP contribution in [0.5, 0.6) is 0 Å². The molecule has 100 valence electrons. The zero-order valence-electron chi connectivity index (χ0n) is 11.6. The molecule has 1 heterocycles. The van der Waals surface area contributed by atoms with Crippen LogP contribution in [0.4, 0.5) is 5.82 Å². The molecular weight excluding hydrogens is 226 g/mol. The summed E-state index contributed by atoms with van der Waals surface area (Å²) in [4.78, 5) is 18.1. The predicted octanol–water partition coefficient (Wildman–Crippen LogP) is 2.78. The van der Waals surface area contributed by atoms with Crippen molar-refractivity contribution in [3.8, 4) is 0 Å². The molecule has 0 fully saturated rings. The third kappa shape index (κ3) is 4.35. The van der Waals surface area contributed by atoms with Gasteiger partial charge in [-0.3, -0.25) is 4.79 Å². The van der Waals surface area contributed by atoms with Gasteiger partial charge in [0.15, 0.2) is 0 Å². The summed E-state index contributed by atoms with van der Waals surface area (Å²) in [5.41, 5.74) is 0.694. The number of carbonyl (C=O) groups is 1. The topological polar surface area (TPSA) is 45.2 Å². The van der Waals surface area contributed by atoms with Gasteiger partial charge in [0, 0.05) is 31.9 Å². The van der Waals surface area contributed by atoms with E-state index in [9.17, 15) is 4.79 Å². The van der Waals surface area contributed by atoms with Crippen molar-refractivity contribution in [2.24, 2.45) is 0 Å². The summed E-state index contributed by atoms with van der Waals surface area (Å²) in [6.45, 7) is 5.78. The number of nitrogens with one attached hydrogen (secondary N) is 1. The molecule has 0 aliphatic heterocycles. The SMILES string of the molecule is CCCCCN(C)C(=O)c1ccnc(NCC)c1. The molecule has 0 radical (unpaired) electrons. The van der Waals surface area contributed by atoms with Gasteiger partial charge in [0.25, 0.3) is 5.91 Å². The average molecular weight is 249 g/mol. The molecule has 1 rings (SSSR count). The first-order chi connectivity index (χ1) is 8.69. The Morgan fingerprint density at radius 3 is 2.83 bits per heavy atom. The smallest absolute Gasteiger partial charge is 0.253 e. The molecule has 0 spiro atoms. The van der Waals surface area contributed by atoms with Crippen molar-refractivity contribution in [2.75, 3.05) is 25.5 Å². The number of nitrogens with zero attached hydrogens (tertiary/aromatic N) is 2. The van der Waals surface area contributed by atoms with E-state index in [1.807, 2.05) is 20.0 Å². The molecule has 1 amide bonds. The number of pyridine rings is 1. The van der Waals surface area contributed by atoms with Gasteiger partial charge in [-0.15, -0.1) is 0 Å². The fourth-order valence-electron chi connectivity index (χ4n) is 1.76. The van der Waals surface area contributed by atoms with Crippen LogP contribution in [0.1, 0.15) is 43.5 Å². The highest BCUT2D eigenvalue weighted by Crippen LogP contribution is 2.09. The van der Waals surface area contributed by atoms with Gasteiger partial charge in [0.05, 0.1) is 0 Å². The zero-order valence-corrected chi connectivity index (χ0v) is 11.6. The summed E-state index contributed by atoms with van der Waals surface area (Å²) in [5.74, 6) is 0.818. The molecule has 1 aromatic rings. The molecule has 18 heavy (non-hydrogen) atoms. The molecule has 0 saturated heterocycles. The fraction of sp³-hybridized carbons (Fsp3) is 0.571. The van der Waals surface area contributed by atoms with E-state index in [1.54, 1.807) is 17.2 Å². The fourth-order valence-corrected chi connectivity index (χ4v) is 1.76. The first-order valence-corrected chi connectivity index (χ1v) is 6.64. The van der Waals surface area contributed by atoms with Gasteiger partial charge < -0.3 is 10.2 Å². The van der Waals surface area contributed by atoms with Crippen LogP contribution in [0.15, 0.2) is 18.3 Å². The molecule has 0 atom stereocenters. The highest BCUT2D eigenvalue weighted by molar-refractivity contribution is 5.94. The van der Waals surface area contributed by atoms with Gasteiger partial charge in [-0.25, -0.2) is 4.98 Å². The van der Waals surface area contributed by atoms with Crippen LogP contribution in [0.3, 0.4) is 0 Å². The lowest BCUT2D eigenvalue weighted by molar-refractivity contribution is 0.0792. The first kappa shape index (κ1) is 14.5. The van der Waals surface area contributed by atoms with Crippen LogP contribution < -0.4 is 5.32 Å². The van der Waals surface area contributed by atoms with Crippen LogP contribution in [0, 0.1) is 0 Å². The number of amides is 1. The molecule has 1 aromatic heterocycles. The van der Waals surface area contributed by atoms with Gasteiger partial charge in [-0.05, 0) is 25.5 Å². The second-order valence-electron chi connectivity index (χ2n) is 4.39. The zero-order chi connectivity index (χ0) is 13.4. The Kier molecular flexibility index (Phi) is 6.19. The number of unbranched alkanes of at least 4 members (excludes halogenated alkanes) is 2. The van der Waals surface area contributed by atoms with E-state index in [0.717, 1.165) is 31.7 Å². The average Bonchev–Trinajstić information content (AvgIpc) is 2.39. The van der Waals surface area contributed by atoms with Crippen molar-refractivity contribution in [3.63, 3.8) is 0 Å². The number of anilines is 1. The van der Waals surface area contributed by atoms with Crippen molar-refractivity contribution in [2.45, 2.75) is 33.1 Å². The van der Waals surface area contributed by atoms with E-state index in [0.29, 0.717) is 5.56 Å². The van der Waals surface area contributed by atoms with E-state index in [1.165, 1.54) is 6.42 Å². The van der Waals surface area contributed by atoms with Crippen LogP contribution in [-0.4, -0.2) is 35.9 Å². The maximum atomic E-state index is 12.2. The summed E-state index contributed by atoms with van der Waals surface area (Å²) in [6.07, 6.45) is 5.06. The Hall–Kier alpha value is -1.58.